The lowest BCUT2D eigenvalue weighted by Gasteiger charge is -2.22. The standard InChI is InChI=1S/C68H113NO3/c1-3-5-7-9-11-13-15-17-19-21-23-25-26-27-28-29-30-31-32-33-34-35-36-37-38-39-40-41-42-44-46-48-50-52-54-56-58-60-62-64-68(72)69-66(65-70)67(71)63-61-59-57-55-53-51-49-47-45-43-24-22-20-18-16-14-12-10-8-6-4-2/h5,7,11,13,17,19,23,25,27-28,30-31,33-34,36-37,39-40,42,44,48,50,54,56,66-67,70-71H,3-4,6,8-10,12,14-16,18,20-22,24,26,29,32,35,38,41,43,45-47,49,51-53,55,57-65H2,1-2H3,(H,69,72)/b7-5-,13-11-,19-17-,25-23-,28-27-,31-30-,34-33-,37-36-,40-39-,44-42-,50-48-,56-54-. The van der Waals surface area contributed by atoms with Crippen LogP contribution in [0.25, 0.3) is 0 Å². The molecule has 0 aliphatic heterocycles. The third-order valence-electron chi connectivity index (χ3n) is 12.9. The predicted octanol–water partition coefficient (Wildman–Crippen LogP) is 20.4. The second-order valence-electron chi connectivity index (χ2n) is 19.7. The zero-order chi connectivity index (χ0) is 52.0. The number of hydrogen-bond donors (Lipinski definition) is 3. The summed E-state index contributed by atoms with van der Waals surface area (Å²) in [5.41, 5.74) is 0. The minimum Gasteiger partial charge on any atom is -0.394 e. The molecule has 0 fully saturated rings. The topological polar surface area (TPSA) is 69.6 Å². The van der Waals surface area contributed by atoms with Gasteiger partial charge in [-0.15, -0.1) is 0 Å². The number of amides is 1. The molecule has 0 aromatic heterocycles. The minimum atomic E-state index is -0.689. The molecular weight excluding hydrogens is 879 g/mol. The van der Waals surface area contributed by atoms with Crippen LogP contribution in [-0.4, -0.2) is 34.9 Å². The zero-order valence-corrected chi connectivity index (χ0v) is 46.9. The lowest BCUT2D eigenvalue weighted by molar-refractivity contribution is -0.123. The molecule has 2 unspecified atom stereocenters. The molecule has 4 nitrogen and oxygen atoms in total. The largest absolute Gasteiger partial charge is 0.394 e. The first kappa shape index (κ1) is 68.3. The van der Waals surface area contributed by atoms with Crippen LogP contribution in [0.1, 0.15) is 258 Å². The molecule has 3 N–H and O–H groups in total. The summed E-state index contributed by atoms with van der Waals surface area (Å²) in [4.78, 5) is 12.5. The van der Waals surface area contributed by atoms with E-state index in [1.165, 1.54) is 122 Å². The van der Waals surface area contributed by atoms with Gasteiger partial charge in [0, 0.05) is 6.42 Å². The van der Waals surface area contributed by atoms with Gasteiger partial charge in [-0.25, -0.2) is 0 Å². The van der Waals surface area contributed by atoms with Crippen LogP contribution in [-0.2, 0) is 4.79 Å². The van der Waals surface area contributed by atoms with Crippen LogP contribution in [0.4, 0.5) is 0 Å². The number of aliphatic hydroxyl groups excluding tert-OH is 2. The molecule has 0 heterocycles. The first-order chi connectivity index (χ1) is 35.7. The predicted molar refractivity (Wildman–Crippen MR) is 321 cm³/mol. The fourth-order valence-corrected chi connectivity index (χ4v) is 8.34. The molecule has 0 saturated heterocycles. The molecule has 72 heavy (non-hydrogen) atoms. The van der Waals surface area contributed by atoms with Crippen LogP contribution in [0.2, 0.25) is 0 Å². The fourth-order valence-electron chi connectivity index (χ4n) is 8.34. The van der Waals surface area contributed by atoms with Crippen LogP contribution < -0.4 is 5.32 Å². The Hall–Kier alpha value is -3.73. The maximum atomic E-state index is 12.5. The number of rotatable bonds is 53. The van der Waals surface area contributed by atoms with Gasteiger partial charge in [0.25, 0.3) is 0 Å². The second-order valence-corrected chi connectivity index (χ2v) is 19.7. The third-order valence-corrected chi connectivity index (χ3v) is 12.9. The number of hydrogen-bond acceptors (Lipinski definition) is 3. The summed E-state index contributed by atoms with van der Waals surface area (Å²) < 4.78 is 0. The number of carbonyl (C=O) groups is 1. The molecule has 0 bridgehead atoms. The molecule has 0 aliphatic rings. The first-order valence-corrected chi connectivity index (χ1v) is 30.0. The van der Waals surface area contributed by atoms with Gasteiger partial charge in [-0.05, 0) is 103 Å². The van der Waals surface area contributed by atoms with E-state index in [4.69, 9.17) is 0 Å². The summed E-state index contributed by atoms with van der Waals surface area (Å²) in [7, 11) is 0. The number of allylic oxidation sites excluding steroid dienone is 24. The normalized spacial score (nSPS) is 13.9. The van der Waals surface area contributed by atoms with Crippen LogP contribution in [0.15, 0.2) is 146 Å². The summed E-state index contributed by atoms with van der Waals surface area (Å²) in [6, 6.07) is -0.572. The lowest BCUT2D eigenvalue weighted by atomic mass is 10.0. The fraction of sp³-hybridized carbons (Fsp3) is 0.632. The summed E-state index contributed by atoms with van der Waals surface area (Å²) in [6.07, 6.45) is 96.9. The molecule has 0 spiro atoms. The summed E-state index contributed by atoms with van der Waals surface area (Å²) >= 11 is 0. The molecule has 2 atom stereocenters. The number of unbranched alkanes of at least 4 members (excludes halogenated alkanes) is 22. The van der Waals surface area contributed by atoms with E-state index in [2.05, 4.69) is 165 Å². The molecule has 0 radical (unpaired) electrons. The van der Waals surface area contributed by atoms with E-state index in [0.717, 1.165) is 109 Å². The molecule has 0 saturated carbocycles. The quantitative estimate of drug-likeness (QED) is 0.0420. The molecule has 0 aliphatic carbocycles. The number of aliphatic hydroxyl groups is 2. The zero-order valence-electron chi connectivity index (χ0n) is 46.9. The summed E-state index contributed by atoms with van der Waals surface area (Å²) in [5, 5.41) is 23.3. The Morgan fingerprint density at radius 2 is 0.611 bits per heavy atom. The van der Waals surface area contributed by atoms with Crippen molar-refractivity contribution in [3.63, 3.8) is 0 Å². The molecule has 4 heteroatoms. The van der Waals surface area contributed by atoms with Crippen LogP contribution >= 0.6 is 0 Å². The van der Waals surface area contributed by atoms with E-state index in [-0.39, 0.29) is 12.5 Å². The van der Waals surface area contributed by atoms with Gasteiger partial charge in [0.15, 0.2) is 0 Å². The maximum absolute atomic E-state index is 12.5. The van der Waals surface area contributed by atoms with Gasteiger partial charge in [0.2, 0.25) is 5.91 Å². The van der Waals surface area contributed by atoms with Gasteiger partial charge in [0.05, 0.1) is 18.8 Å². The van der Waals surface area contributed by atoms with E-state index < -0.39 is 12.1 Å². The van der Waals surface area contributed by atoms with Crippen molar-refractivity contribution < 1.29 is 15.0 Å². The second kappa shape index (κ2) is 61.6. The van der Waals surface area contributed by atoms with Gasteiger partial charge in [0.1, 0.15) is 0 Å². The molecule has 408 valence electrons. The lowest BCUT2D eigenvalue weighted by Crippen LogP contribution is -2.45. The van der Waals surface area contributed by atoms with E-state index in [9.17, 15) is 15.0 Å². The van der Waals surface area contributed by atoms with Crippen molar-refractivity contribution in [1.29, 1.82) is 0 Å². The van der Waals surface area contributed by atoms with Crippen LogP contribution in [0, 0.1) is 0 Å². The Bertz CT molecular complexity index is 1500. The Balaban J connectivity index is 3.68. The molecule has 0 rings (SSSR count). The van der Waals surface area contributed by atoms with Crippen molar-refractivity contribution in [3.8, 4) is 0 Å². The van der Waals surface area contributed by atoms with E-state index >= 15 is 0 Å². The van der Waals surface area contributed by atoms with Crippen LogP contribution in [0.3, 0.4) is 0 Å². The van der Waals surface area contributed by atoms with Gasteiger partial charge >= 0.3 is 0 Å². The summed E-state index contributed by atoms with van der Waals surface area (Å²) in [6.45, 7) is 4.23. The summed E-state index contributed by atoms with van der Waals surface area (Å²) in [5.74, 6) is -0.0773. The van der Waals surface area contributed by atoms with Gasteiger partial charge in [-0.1, -0.05) is 295 Å². The molecular formula is C68H113NO3. The number of nitrogens with one attached hydrogen (secondary N) is 1. The van der Waals surface area contributed by atoms with Crippen molar-refractivity contribution in [2.75, 3.05) is 6.61 Å². The highest BCUT2D eigenvalue weighted by atomic mass is 16.3. The highest BCUT2D eigenvalue weighted by molar-refractivity contribution is 5.76. The number of carbonyl (C=O) groups excluding carboxylic acids is 1. The molecule has 1 amide bonds. The monoisotopic (exact) mass is 992 g/mol. The van der Waals surface area contributed by atoms with Crippen molar-refractivity contribution in [1.82, 2.24) is 5.32 Å². The molecule has 0 aromatic carbocycles. The van der Waals surface area contributed by atoms with Gasteiger partial charge < -0.3 is 15.5 Å². The van der Waals surface area contributed by atoms with Crippen molar-refractivity contribution in [3.05, 3.63) is 146 Å². The molecule has 0 aromatic rings. The Morgan fingerprint density at radius 1 is 0.347 bits per heavy atom. The van der Waals surface area contributed by atoms with Crippen molar-refractivity contribution in [2.24, 2.45) is 0 Å². The van der Waals surface area contributed by atoms with Crippen molar-refractivity contribution >= 4 is 5.91 Å². The maximum Gasteiger partial charge on any atom is 0.220 e. The third kappa shape index (κ3) is 57.2. The van der Waals surface area contributed by atoms with E-state index in [1.807, 2.05) is 0 Å². The Kier molecular flexibility index (Phi) is 58.4. The highest BCUT2D eigenvalue weighted by Crippen LogP contribution is 2.16. The average Bonchev–Trinajstić information content (AvgIpc) is 3.39. The SMILES string of the molecule is CC/C=C\C/C=C\C/C=C\C/C=C\C/C=C\C/C=C\C/C=C\C/C=C\C/C=C\C/C=C\C/C=C\C/C=C\CCCCC(=O)NC(CO)C(O)CCCCCCCCCCCCCCCCCCCCCCC. The average molecular weight is 993 g/mol. The highest BCUT2D eigenvalue weighted by Gasteiger charge is 2.20. The van der Waals surface area contributed by atoms with E-state index in [1.54, 1.807) is 0 Å². The van der Waals surface area contributed by atoms with Gasteiger partial charge in [-0.3, -0.25) is 4.79 Å². The first-order valence-electron chi connectivity index (χ1n) is 30.0. The van der Waals surface area contributed by atoms with Gasteiger partial charge in [-0.2, -0.15) is 0 Å². The minimum absolute atomic E-state index is 0.0773. The Morgan fingerprint density at radius 3 is 0.889 bits per heavy atom. The van der Waals surface area contributed by atoms with E-state index in [0.29, 0.717) is 12.8 Å². The van der Waals surface area contributed by atoms with Crippen LogP contribution in [0.5, 0.6) is 0 Å². The van der Waals surface area contributed by atoms with Crippen molar-refractivity contribution in [2.45, 2.75) is 270 Å². The smallest absolute Gasteiger partial charge is 0.220 e. The Labute approximate surface area is 446 Å².